The Morgan fingerprint density at radius 3 is 2.81 bits per heavy atom. The van der Waals surface area contributed by atoms with E-state index in [2.05, 4.69) is 0 Å². The zero-order chi connectivity index (χ0) is 17.9. The maximum absolute atomic E-state index is 13.0. The molecule has 1 aliphatic heterocycles. The van der Waals surface area contributed by atoms with Crippen LogP contribution in [0.2, 0.25) is 5.02 Å². The van der Waals surface area contributed by atoms with Crippen molar-refractivity contribution in [3.05, 3.63) is 57.1 Å². The minimum atomic E-state index is -0.0208. The number of anilines is 1. The van der Waals surface area contributed by atoms with E-state index >= 15 is 0 Å². The molecule has 0 bridgehead atoms. The zero-order valence-electron chi connectivity index (χ0n) is 13.9. The van der Waals surface area contributed by atoms with Crippen molar-refractivity contribution in [3.63, 3.8) is 0 Å². The number of nitrogens with zero attached hydrogens (tertiary/aromatic N) is 2. The van der Waals surface area contributed by atoms with E-state index in [4.69, 9.17) is 21.3 Å². The van der Waals surface area contributed by atoms with Crippen LogP contribution < -0.4 is 4.90 Å². The highest BCUT2D eigenvalue weighted by molar-refractivity contribution is 7.14. The number of halogens is 1. The van der Waals surface area contributed by atoms with Gasteiger partial charge in [-0.3, -0.25) is 9.69 Å². The lowest BCUT2D eigenvalue weighted by molar-refractivity contribution is 0.0920. The van der Waals surface area contributed by atoms with Gasteiger partial charge in [-0.1, -0.05) is 29.8 Å². The number of benzene rings is 1. The van der Waals surface area contributed by atoms with E-state index in [0.29, 0.717) is 21.6 Å². The molecule has 1 saturated heterocycles. The van der Waals surface area contributed by atoms with Crippen LogP contribution in [-0.2, 0) is 4.74 Å². The zero-order valence-corrected chi connectivity index (χ0v) is 16.3. The Bertz CT molecular complexity index is 871. The molecule has 134 valence electrons. The predicted octanol–water partition coefficient (Wildman–Crippen LogP) is 5.35. The van der Waals surface area contributed by atoms with Crippen LogP contribution >= 0.6 is 34.3 Å². The summed E-state index contributed by atoms with van der Waals surface area (Å²) in [4.78, 5) is 20.2. The lowest BCUT2D eigenvalue weighted by Gasteiger charge is -2.22. The van der Waals surface area contributed by atoms with Crippen molar-refractivity contribution in [3.8, 4) is 11.3 Å². The maximum atomic E-state index is 13.0. The maximum Gasteiger partial charge on any atom is 0.270 e. The van der Waals surface area contributed by atoms with Crippen molar-refractivity contribution in [1.29, 1.82) is 0 Å². The summed E-state index contributed by atoms with van der Waals surface area (Å²) in [7, 11) is 0. The number of thiazole rings is 1. The summed E-state index contributed by atoms with van der Waals surface area (Å²) in [6.45, 7) is 1.30. The average molecular weight is 405 g/mol. The highest BCUT2D eigenvalue weighted by Gasteiger charge is 2.27. The van der Waals surface area contributed by atoms with E-state index in [1.807, 2.05) is 47.2 Å². The second-order valence-electron chi connectivity index (χ2n) is 6.05. The summed E-state index contributed by atoms with van der Waals surface area (Å²) in [5.41, 5.74) is 1.83. The second kappa shape index (κ2) is 7.88. The number of hydrogen-bond donors (Lipinski definition) is 0. The molecule has 7 heteroatoms. The first-order chi connectivity index (χ1) is 12.7. The van der Waals surface area contributed by atoms with Gasteiger partial charge in [0.15, 0.2) is 5.13 Å². The molecule has 0 unspecified atom stereocenters. The summed E-state index contributed by atoms with van der Waals surface area (Å²) in [6, 6.07) is 11.3. The van der Waals surface area contributed by atoms with Gasteiger partial charge in [0.1, 0.15) is 0 Å². The average Bonchev–Trinajstić information content (AvgIpc) is 3.42. The van der Waals surface area contributed by atoms with Crippen LogP contribution in [0.5, 0.6) is 0 Å². The first-order valence-electron chi connectivity index (χ1n) is 8.39. The lowest BCUT2D eigenvalue weighted by atomic mass is 10.2. The van der Waals surface area contributed by atoms with Crippen LogP contribution in [0.25, 0.3) is 11.3 Å². The number of carbonyl (C=O) groups excluding carboxylic acids is 1. The Labute approximate surface area is 165 Å². The molecule has 3 heterocycles. The largest absolute Gasteiger partial charge is 0.376 e. The number of ether oxygens (including phenoxy) is 1. The monoisotopic (exact) mass is 404 g/mol. The molecule has 4 nitrogen and oxygen atoms in total. The number of amides is 1. The minimum absolute atomic E-state index is 0.0208. The van der Waals surface area contributed by atoms with Crippen molar-refractivity contribution in [2.75, 3.05) is 18.1 Å². The predicted molar refractivity (Wildman–Crippen MR) is 108 cm³/mol. The molecule has 1 fully saturated rings. The molecule has 0 N–H and O–H groups in total. The van der Waals surface area contributed by atoms with E-state index in [1.54, 1.807) is 4.90 Å². The van der Waals surface area contributed by atoms with Crippen LogP contribution in [-0.4, -0.2) is 30.1 Å². The molecule has 0 radical (unpaired) electrons. The number of aromatic nitrogens is 1. The lowest BCUT2D eigenvalue weighted by Crippen LogP contribution is -2.37. The summed E-state index contributed by atoms with van der Waals surface area (Å²) in [5, 5.41) is 5.28. The first-order valence-corrected chi connectivity index (χ1v) is 10.5. The highest BCUT2D eigenvalue weighted by atomic mass is 35.5. The van der Waals surface area contributed by atoms with E-state index < -0.39 is 0 Å². The molecule has 1 aromatic carbocycles. The van der Waals surface area contributed by atoms with Gasteiger partial charge in [-0.15, -0.1) is 22.7 Å². The molecule has 26 heavy (non-hydrogen) atoms. The third-order valence-corrected chi connectivity index (χ3v) is 6.22. The minimum Gasteiger partial charge on any atom is -0.376 e. The van der Waals surface area contributed by atoms with Gasteiger partial charge in [0.25, 0.3) is 5.91 Å². The third-order valence-electron chi connectivity index (χ3n) is 4.25. The van der Waals surface area contributed by atoms with Crippen molar-refractivity contribution >= 4 is 45.3 Å². The van der Waals surface area contributed by atoms with Crippen molar-refractivity contribution in [2.45, 2.75) is 18.9 Å². The Morgan fingerprint density at radius 1 is 1.27 bits per heavy atom. The molecule has 1 aliphatic rings. The van der Waals surface area contributed by atoms with E-state index in [-0.39, 0.29) is 12.0 Å². The van der Waals surface area contributed by atoms with Crippen molar-refractivity contribution < 1.29 is 9.53 Å². The summed E-state index contributed by atoms with van der Waals surface area (Å²) in [6.07, 6.45) is 2.09. The number of rotatable bonds is 5. The van der Waals surface area contributed by atoms with Crippen molar-refractivity contribution in [1.82, 2.24) is 4.98 Å². The number of thiophene rings is 1. The SMILES string of the molecule is O=C(c1cccs1)N(C[C@@H]1CCCO1)c1nc(-c2ccc(Cl)cc2)cs1. The van der Waals surface area contributed by atoms with Gasteiger partial charge in [-0.2, -0.15) is 0 Å². The van der Waals surface area contributed by atoms with E-state index in [0.717, 1.165) is 30.7 Å². The Kier molecular flexibility index (Phi) is 5.36. The summed E-state index contributed by atoms with van der Waals surface area (Å²) >= 11 is 8.89. The topological polar surface area (TPSA) is 42.4 Å². The normalized spacial score (nSPS) is 16.7. The molecule has 4 rings (SSSR count). The van der Waals surface area contributed by atoms with Crippen LogP contribution in [0, 0.1) is 0 Å². The molecular weight excluding hydrogens is 388 g/mol. The van der Waals surface area contributed by atoms with Gasteiger partial charge in [0.05, 0.1) is 23.2 Å². The molecule has 0 aliphatic carbocycles. The van der Waals surface area contributed by atoms with Gasteiger partial charge in [0, 0.05) is 22.6 Å². The number of hydrogen-bond acceptors (Lipinski definition) is 5. The Hall–Kier alpha value is -1.73. The Morgan fingerprint density at radius 2 is 2.12 bits per heavy atom. The van der Waals surface area contributed by atoms with Crippen LogP contribution in [0.1, 0.15) is 22.5 Å². The van der Waals surface area contributed by atoms with E-state index in [1.165, 1.54) is 22.7 Å². The van der Waals surface area contributed by atoms with E-state index in [9.17, 15) is 4.79 Å². The quantitative estimate of drug-likeness (QED) is 0.575. The molecule has 2 aromatic heterocycles. The van der Waals surface area contributed by atoms with Crippen LogP contribution in [0.3, 0.4) is 0 Å². The van der Waals surface area contributed by atoms with Gasteiger partial charge in [0.2, 0.25) is 0 Å². The molecule has 1 amide bonds. The standard InChI is InChI=1S/C19H17ClN2O2S2/c20-14-7-5-13(6-8-14)16-12-26-19(21-16)22(11-15-3-1-9-24-15)18(23)17-4-2-10-25-17/h2,4-8,10,12,15H,1,3,9,11H2/t15-/m0/s1. The van der Waals surface area contributed by atoms with Crippen LogP contribution in [0.15, 0.2) is 47.2 Å². The second-order valence-corrected chi connectivity index (χ2v) is 8.27. The van der Waals surface area contributed by atoms with Gasteiger partial charge < -0.3 is 4.74 Å². The fraction of sp³-hybridized carbons (Fsp3) is 0.263. The third kappa shape index (κ3) is 3.83. The summed E-state index contributed by atoms with van der Waals surface area (Å²) in [5.74, 6) is -0.0208. The van der Waals surface area contributed by atoms with Crippen molar-refractivity contribution in [2.24, 2.45) is 0 Å². The van der Waals surface area contributed by atoms with Gasteiger partial charge in [-0.05, 0) is 36.4 Å². The van der Waals surface area contributed by atoms with Gasteiger partial charge in [-0.25, -0.2) is 4.98 Å². The van der Waals surface area contributed by atoms with Crippen LogP contribution in [0.4, 0.5) is 5.13 Å². The molecular formula is C19H17ClN2O2S2. The van der Waals surface area contributed by atoms with Gasteiger partial charge >= 0.3 is 0 Å². The first kappa shape index (κ1) is 17.7. The Balaban J connectivity index is 1.62. The smallest absolute Gasteiger partial charge is 0.270 e. The fourth-order valence-corrected chi connectivity index (χ4v) is 4.55. The molecule has 1 atom stereocenters. The number of carbonyl (C=O) groups is 1. The highest BCUT2D eigenvalue weighted by Crippen LogP contribution is 2.30. The molecule has 3 aromatic rings. The summed E-state index contributed by atoms with van der Waals surface area (Å²) < 4.78 is 5.75. The molecule has 0 spiro atoms. The molecule has 0 saturated carbocycles. The fourth-order valence-electron chi connectivity index (χ4n) is 2.91.